The van der Waals surface area contributed by atoms with Gasteiger partial charge in [-0.2, -0.15) is 0 Å². The second-order valence-electron chi connectivity index (χ2n) is 32.7. The van der Waals surface area contributed by atoms with Crippen LogP contribution in [-0.2, 0) is 67.1 Å². The molecule has 13 amide bonds. The molecule has 2 saturated carbocycles. The molecule has 0 aromatic rings. The summed E-state index contributed by atoms with van der Waals surface area (Å²) in [6.07, 6.45) is 6.68. The Labute approximate surface area is 626 Å². The minimum atomic E-state index is -1.65. The second-order valence-corrected chi connectivity index (χ2v) is 32.7. The molecule has 28 nitrogen and oxygen atoms in total. The van der Waals surface area contributed by atoms with Gasteiger partial charge in [0, 0.05) is 76.6 Å². The summed E-state index contributed by atoms with van der Waals surface area (Å²) < 4.78 is 5.85. The number of aliphatic hydroxyl groups excluding tert-OH is 1. The van der Waals surface area contributed by atoms with E-state index in [0.29, 0.717) is 51.6 Å². The van der Waals surface area contributed by atoms with Gasteiger partial charge in [0.05, 0.1) is 31.1 Å². The topological polar surface area (TPSA) is 337 Å². The van der Waals surface area contributed by atoms with Crippen LogP contribution < -0.4 is 26.6 Å². The summed E-state index contributed by atoms with van der Waals surface area (Å²) in [4.78, 5) is 204. The van der Waals surface area contributed by atoms with Crippen LogP contribution in [0.5, 0.6) is 0 Å². The fourth-order valence-electron chi connectivity index (χ4n) is 15.5. The maximum Gasteiger partial charge on any atom is 0.248 e. The molecule has 0 aromatic carbocycles. The molecule has 0 radical (unpaired) electrons. The predicted octanol–water partition coefficient (Wildman–Crippen LogP) is 4.32. The van der Waals surface area contributed by atoms with Gasteiger partial charge in [-0.25, -0.2) is 0 Å². The smallest absolute Gasteiger partial charge is 0.248 e. The van der Waals surface area contributed by atoms with Crippen molar-refractivity contribution >= 4 is 76.8 Å². The predicted molar refractivity (Wildman–Crippen MR) is 401 cm³/mol. The largest absolute Gasteiger partial charge is 0.391 e. The van der Waals surface area contributed by atoms with Crippen LogP contribution in [0, 0.1) is 47.3 Å². The van der Waals surface area contributed by atoms with Crippen molar-refractivity contribution < 1.29 is 72.2 Å². The van der Waals surface area contributed by atoms with Gasteiger partial charge in [-0.15, -0.1) is 0 Å². The molecule has 0 spiro atoms. The lowest BCUT2D eigenvalue weighted by molar-refractivity contribution is -0.152. The van der Waals surface area contributed by atoms with Crippen molar-refractivity contribution in [2.75, 3.05) is 83.1 Å². The highest BCUT2D eigenvalue weighted by Crippen LogP contribution is 2.35. The van der Waals surface area contributed by atoms with Gasteiger partial charge >= 0.3 is 0 Å². The summed E-state index contributed by atoms with van der Waals surface area (Å²) in [6, 6.07) is -13.0. The summed E-state index contributed by atoms with van der Waals surface area (Å²) in [6.45, 7) is 21.5. The number of piperidine rings is 1. The molecule has 2 aliphatic carbocycles. The van der Waals surface area contributed by atoms with E-state index < -0.39 is 168 Å². The Morgan fingerprint density at radius 2 is 0.952 bits per heavy atom. The lowest BCUT2D eigenvalue weighted by Crippen LogP contribution is -2.62. The van der Waals surface area contributed by atoms with Gasteiger partial charge in [-0.1, -0.05) is 108 Å². The van der Waals surface area contributed by atoms with Crippen molar-refractivity contribution in [1.82, 2.24) is 65.8 Å². The summed E-state index contributed by atoms with van der Waals surface area (Å²) in [5, 5.41) is 25.5. The average Bonchev–Trinajstić information content (AvgIpc) is 0.810. The van der Waals surface area contributed by atoms with Crippen LogP contribution in [0.4, 0.5) is 0 Å². The zero-order valence-electron chi connectivity index (χ0n) is 67.6. The molecule has 598 valence electrons. The zero-order valence-corrected chi connectivity index (χ0v) is 67.6. The Morgan fingerprint density at radius 1 is 0.495 bits per heavy atom. The first kappa shape index (κ1) is 90.4. The highest BCUT2D eigenvalue weighted by molar-refractivity contribution is 6.00. The minimum absolute atomic E-state index is 0.0119. The van der Waals surface area contributed by atoms with Gasteiger partial charge < -0.3 is 75.6 Å². The number of nitrogens with one attached hydrogen (secondary N) is 5. The molecular weight excluding hydrogens is 1350 g/mol. The lowest BCUT2D eigenvalue weighted by Gasteiger charge is -2.40. The van der Waals surface area contributed by atoms with Crippen LogP contribution in [-0.4, -0.2) is 277 Å². The van der Waals surface area contributed by atoms with Crippen LogP contribution in [0.1, 0.15) is 212 Å². The van der Waals surface area contributed by atoms with E-state index in [-0.39, 0.29) is 86.4 Å². The molecule has 0 aromatic heterocycles. The lowest BCUT2D eigenvalue weighted by atomic mass is 9.77. The number of likely N-dealkylation sites (N-methyl/N-ethyl adjacent to an activating group) is 7. The molecule has 14 atom stereocenters. The fourth-order valence-corrected chi connectivity index (χ4v) is 15.5. The van der Waals surface area contributed by atoms with Crippen molar-refractivity contribution in [1.29, 1.82) is 0 Å². The van der Waals surface area contributed by atoms with E-state index >= 15 is 28.8 Å². The second kappa shape index (κ2) is 42.5. The van der Waals surface area contributed by atoms with E-state index in [1.54, 1.807) is 39.8 Å². The van der Waals surface area contributed by atoms with Crippen molar-refractivity contribution in [2.45, 2.75) is 284 Å². The van der Waals surface area contributed by atoms with Crippen LogP contribution in [0.2, 0.25) is 0 Å². The summed E-state index contributed by atoms with van der Waals surface area (Å²) in [7, 11) is 13.1. The van der Waals surface area contributed by atoms with E-state index in [9.17, 15) is 38.7 Å². The minimum Gasteiger partial charge on any atom is -0.391 e. The first-order valence-corrected chi connectivity index (χ1v) is 39.0. The van der Waals surface area contributed by atoms with Gasteiger partial charge in [-0.3, -0.25) is 62.3 Å². The highest BCUT2D eigenvalue weighted by Gasteiger charge is 2.46. The van der Waals surface area contributed by atoms with Crippen molar-refractivity contribution in [3.63, 3.8) is 0 Å². The molecule has 2 heterocycles. The SMILES string of the molecule is CC[C@H]1C(=O)N[C@H](CCC2CCC(C(=O)NC)C(OC)C2)C(=O)N(C)[C@@H](CC(C)C)C(=O)N(C)[C@@H](CC(C)C)C(=O)N[C@@H](C(C)C)C(=O)N(C)[C@@H](CC2CCCCC2)C(=O)N(C)[C@@H](CC(C)C)C(=O)N[C@@H]([C@@H](C)O)C(=O)N(C)CC(=O)N(C)[C@@H](CC(C)C)C(=O)N[C@H](C(=O)N2CCCCC2)CC(=O)N1C. The first-order valence-electron chi connectivity index (χ1n) is 39.0. The molecule has 3 unspecified atom stereocenters. The number of rotatable bonds is 19. The number of methoxy groups -OCH3 is 1. The van der Waals surface area contributed by atoms with Crippen LogP contribution in [0.25, 0.3) is 0 Å². The van der Waals surface area contributed by atoms with Gasteiger partial charge in [0.2, 0.25) is 76.8 Å². The number of hydrogen-bond acceptors (Lipinski definition) is 15. The van der Waals surface area contributed by atoms with Gasteiger partial charge in [0.15, 0.2) is 0 Å². The molecule has 2 saturated heterocycles. The Balaban J connectivity index is 1.98. The number of hydrogen-bond donors (Lipinski definition) is 6. The number of amides is 13. The molecule has 2 aliphatic heterocycles. The third-order valence-electron chi connectivity index (χ3n) is 22.2. The number of carbonyl (C=O) groups excluding carboxylic acids is 13. The third kappa shape index (κ3) is 25.6. The standard InChI is InChI=1S/C77H135N13O15/c1-22-56-68(95)79-54(34-32-52-31-33-53(67(94)78-13)62(42-52)105-21)72(99)88(19)60(40-48(8)9)74(101)86(17)58(38-46(4)5)70(97)81-65(49(10)11)77(104)89(20)61(41-51-29-25-23-26-30-51)75(102)87(18)59(39-47(6)7)71(98)82-66(50(12)91)76(103)83(14)44-64(93)85(16)57(37-45(2)3)69(96)80-55(43-63(92)84(56)15)73(100)90-35-27-24-28-36-90/h45-62,65-66,91H,22-44H2,1-21H3,(H,78,94)(H,79,95)(H,80,96)(H,81,97)(H,82,98)/t50-,52?,53?,54-,55+,56+,57+,58+,59+,60+,61+,62?,65+,66+/m1/s1. The fraction of sp³-hybridized carbons (Fsp3) is 0.831. The monoisotopic (exact) mass is 1480 g/mol. The van der Waals surface area contributed by atoms with Crippen LogP contribution >= 0.6 is 0 Å². The van der Waals surface area contributed by atoms with Crippen molar-refractivity contribution in [3.05, 3.63) is 0 Å². The van der Waals surface area contributed by atoms with E-state index in [1.165, 1.54) is 80.8 Å². The van der Waals surface area contributed by atoms with E-state index in [2.05, 4.69) is 26.6 Å². The van der Waals surface area contributed by atoms with E-state index in [0.717, 1.165) is 48.3 Å². The average molecular weight is 1480 g/mol. The number of nitrogens with zero attached hydrogens (tertiary/aromatic N) is 8. The van der Waals surface area contributed by atoms with Crippen molar-refractivity contribution in [3.8, 4) is 0 Å². The molecule has 4 aliphatic rings. The molecule has 4 rings (SSSR count). The molecule has 0 bridgehead atoms. The van der Waals surface area contributed by atoms with Gasteiger partial charge in [0.25, 0.3) is 0 Å². The zero-order chi connectivity index (χ0) is 79.2. The van der Waals surface area contributed by atoms with Crippen LogP contribution in [0.3, 0.4) is 0 Å². The number of aliphatic hydroxyl groups is 1. The Kier molecular flexibility index (Phi) is 36.6. The maximum atomic E-state index is 15.6. The maximum absolute atomic E-state index is 15.6. The van der Waals surface area contributed by atoms with Gasteiger partial charge in [0.1, 0.15) is 60.4 Å². The number of likely N-dealkylation sites (tertiary alicyclic amines) is 1. The molecule has 28 heteroatoms. The normalized spacial score (nSPS) is 28.6. The van der Waals surface area contributed by atoms with Gasteiger partial charge in [-0.05, 0) is 138 Å². The Morgan fingerprint density at radius 3 is 1.45 bits per heavy atom. The quantitative estimate of drug-likeness (QED) is 0.105. The van der Waals surface area contributed by atoms with E-state index in [1.807, 2.05) is 55.4 Å². The van der Waals surface area contributed by atoms with Crippen LogP contribution in [0.15, 0.2) is 0 Å². The molecular formula is C77H135N13O15. The van der Waals surface area contributed by atoms with E-state index in [4.69, 9.17) is 4.74 Å². The number of ether oxygens (including phenoxy) is 1. The number of carbonyl (C=O) groups is 13. The molecule has 105 heavy (non-hydrogen) atoms. The summed E-state index contributed by atoms with van der Waals surface area (Å²) >= 11 is 0. The Hall–Kier alpha value is -6.97. The van der Waals surface area contributed by atoms with Crippen molar-refractivity contribution in [2.24, 2.45) is 47.3 Å². The third-order valence-corrected chi connectivity index (χ3v) is 22.2. The molecule has 6 N–H and O–H groups in total. The highest BCUT2D eigenvalue weighted by atomic mass is 16.5. The Bertz CT molecular complexity index is 2930. The first-order chi connectivity index (χ1) is 49.2. The summed E-state index contributed by atoms with van der Waals surface area (Å²) in [5.41, 5.74) is 0. The summed E-state index contributed by atoms with van der Waals surface area (Å²) in [5.74, 6) is -10.2. The molecule has 4 fully saturated rings.